The van der Waals surface area contributed by atoms with Gasteiger partial charge < -0.3 is 10.6 Å². The van der Waals surface area contributed by atoms with Crippen LogP contribution < -0.4 is 10.6 Å². The van der Waals surface area contributed by atoms with Crippen molar-refractivity contribution >= 4 is 5.69 Å². The Bertz CT molecular complexity index is 405. The smallest absolute Gasteiger partial charge is 0.123 e. The average Bonchev–Trinajstić information content (AvgIpc) is 2.28. The van der Waals surface area contributed by atoms with Crippen LogP contribution in [0.2, 0.25) is 0 Å². The third-order valence-electron chi connectivity index (χ3n) is 3.89. The molecule has 1 aromatic rings. The Balaban J connectivity index is 1.99. The van der Waals surface area contributed by atoms with E-state index in [9.17, 15) is 4.39 Å². The van der Waals surface area contributed by atoms with Crippen LogP contribution in [0.15, 0.2) is 18.2 Å². The highest BCUT2D eigenvalue weighted by Crippen LogP contribution is 2.35. The largest absolute Gasteiger partial charge is 0.367 e. The number of anilines is 1. The van der Waals surface area contributed by atoms with E-state index in [0.717, 1.165) is 37.8 Å². The number of hydrogen-bond acceptors (Lipinski definition) is 2. The van der Waals surface area contributed by atoms with Crippen molar-refractivity contribution in [2.24, 2.45) is 5.73 Å². The topological polar surface area (TPSA) is 29.3 Å². The number of hydrogen-bond donors (Lipinski definition) is 1. The summed E-state index contributed by atoms with van der Waals surface area (Å²) in [5.41, 5.74) is 8.51. The fourth-order valence-electron chi connectivity index (χ4n) is 3.09. The van der Waals surface area contributed by atoms with Crippen molar-refractivity contribution in [1.82, 2.24) is 0 Å². The second-order valence-electron chi connectivity index (χ2n) is 4.88. The predicted molar refractivity (Wildman–Crippen MR) is 63.1 cm³/mol. The van der Waals surface area contributed by atoms with Crippen molar-refractivity contribution in [2.45, 2.75) is 37.8 Å². The van der Waals surface area contributed by atoms with Gasteiger partial charge in [-0.15, -0.1) is 0 Å². The third-order valence-corrected chi connectivity index (χ3v) is 3.89. The van der Waals surface area contributed by atoms with E-state index in [-0.39, 0.29) is 11.9 Å². The molecule has 0 spiro atoms. The Hall–Kier alpha value is -1.09. The molecule has 0 aromatic heterocycles. The summed E-state index contributed by atoms with van der Waals surface area (Å²) in [5, 5.41) is 0. The Morgan fingerprint density at radius 1 is 1.31 bits per heavy atom. The van der Waals surface area contributed by atoms with E-state index in [0.29, 0.717) is 6.04 Å². The van der Waals surface area contributed by atoms with E-state index < -0.39 is 0 Å². The Labute approximate surface area is 95.2 Å². The van der Waals surface area contributed by atoms with Gasteiger partial charge in [0.05, 0.1) is 0 Å². The van der Waals surface area contributed by atoms with E-state index in [1.165, 1.54) is 5.69 Å². The number of rotatable bonds is 0. The second kappa shape index (κ2) is 3.74. The van der Waals surface area contributed by atoms with Gasteiger partial charge in [0, 0.05) is 24.3 Å². The van der Waals surface area contributed by atoms with Gasteiger partial charge >= 0.3 is 0 Å². The molecule has 3 rings (SSSR count). The van der Waals surface area contributed by atoms with Gasteiger partial charge in [-0.3, -0.25) is 0 Å². The van der Waals surface area contributed by atoms with E-state index in [2.05, 4.69) is 4.90 Å². The SMILES string of the molecule is NC1CCCN2c3ccc(F)cc3CCC12. The van der Waals surface area contributed by atoms with Crippen LogP contribution in [0.25, 0.3) is 0 Å². The summed E-state index contributed by atoms with van der Waals surface area (Å²) in [4.78, 5) is 2.38. The van der Waals surface area contributed by atoms with Crippen LogP contribution in [0, 0.1) is 5.82 Å². The Morgan fingerprint density at radius 2 is 2.19 bits per heavy atom. The van der Waals surface area contributed by atoms with Crippen molar-refractivity contribution in [3.05, 3.63) is 29.6 Å². The normalized spacial score (nSPS) is 28.5. The van der Waals surface area contributed by atoms with E-state index in [4.69, 9.17) is 5.73 Å². The molecule has 2 nitrogen and oxygen atoms in total. The molecule has 1 saturated heterocycles. The van der Waals surface area contributed by atoms with Crippen LogP contribution in [-0.2, 0) is 6.42 Å². The van der Waals surface area contributed by atoms with Crippen LogP contribution in [-0.4, -0.2) is 18.6 Å². The van der Waals surface area contributed by atoms with Crippen molar-refractivity contribution < 1.29 is 4.39 Å². The second-order valence-corrected chi connectivity index (χ2v) is 4.88. The molecule has 1 aromatic carbocycles. The number of fused-ring (bicyclic) bond motifs is 3. The van der Waals surface area contributed by atoms with Gasteiger partial charge in [-0.2, -0.15) is 0 Å². The monoisotopic (exact) mass is 220 g/mol. The minimum atomic E-state index is -0.126. The summed E-state index contributed by atoms with van der Waals surface area (Å²) in [6, 6.07) is 5.89. The first kappa shape index (κ1) is 10.1. The van der Waals surface area contributed by atoms with Crippen LogP contribution in [0.1, 0.15) is 24.8 Å². The number of aryl methyl sites for hydroxylation is 1. The number of piperidine rings is 1. The Kier molecular flexibility index (Phi) is 2.36. The van der Waals surface area contributed by atoms with Crippen LogP contribution in [0.4, 0.5) is 10.1 Å². The highest BCUT2D eigenvalue weighted by atomic mass is 19.1. The molecule has 16 heavy (non-hydrogen) atoms. The summed E-state index contributed by atoms with van der Waals surface area (Å²) in [5.74, 6) is -0.126. The van der Waals surface area contributed by atoms with Gasteiger partial charge in [-0.25, -0.2) is 4.39 Å². The molecule has 1 fully saturated rings. The maximum absolute atomic E-state index is 13.2. The summed E-state index contributed by atoms with van der Waals surface area (Å²) < 4.78 is 13.2. The molecule has 2 aliphatic heterocycles. The molecule has 0 aliphatic carbocycles. The van der Waals surface area contributed by atoms with Gasteiger partial charge in [0.15, 0.2) is 0 Å². The minimum absolute atomic E-state index is 0.126. The lowest BCUT2D eigenvalue weighted by Crippen LogP contribution is -2.54. The maximum Gasteiger partial charge on any atom is 0.123 e. The lowest BCUT2D eigenvalue weighted by molar-refractivity contribution is 0.371. The number of nitrogens with zero attached hydrogens (tertiary/aromatic N) is 1. The van der Waals surface area contributed by atoms with E-state index in [1.807, 2.05) is 6.07 Å². The molecular weight excluding hydrogens is 203 g/mol. The maximum atomic E-state index is 13.2. The van der Waals surface area contributed by atoms with Gasteiger partial charge in [0.25, 0.3) is 0 Å². The van der Waals surface area contributed by atoms with Crippen LogP contribution in [0.3, 0.4) is 0 Å². The molecule has 0 radical (unpaired) electrons. The summed E-state index contributed by atoms with van der Waals surface area (Å²) >= 11 is 0. The number of benzene rings is 1. The van der Waals surface area contributed by atoms with Gasteiger partial charge in [-0.05, 0) is 49.4 Å². The van der Waals surface area contributed by atoms with Crippen molar-refractivity contribution in [1.29, 1.82) is 0 Å². The molecule has 86 valence electrons. The first-order chi connectivity index (χ1) is 7.75. The van der Waals surface area contributed by atoms with Gasteiger partial charge in [0.1, 0.15) is 5.82 Å². The first-order valence-corrected chi connectivity index (χ1v) is 6.06. The summed E-state index contributed by atoms with van der Waals surface area (Å²) in [6.45, 7) is 1.07. The Morgan fingerprint density at radius 3 is 3.06 bits per heavy atom. The van der Waals surface area contributed by atoms with E-state index in [1.54, 1.807) is 12.1 Å². The highest BCUT2D eigenvalue weighted by Gasteiger charge is 2.33. The molecule has 2 heterocycles. The molecular formula is C13H17FN2. The van der Waals surface area contributed by atoms with E-state index >= 15 is 0 Å². The molecule has 0 bridgehead atoms. The van der Waals surface area contributed by atoms with Crippen molar-refractivity contribution in [2.75, 3.05) is 11.4 Å². The number of nitrogens with two attached hydrogens (primary N) is 1. The lowest BCUT2D eigenvalue weighted by Gasteiger charge is -2.45. The third kappa shape index (κ3) is 1.50. The lowest BCUT2D eigenvalue weighted by atomic mass is 9.86. The molecule has 3 heteroatoms. The molecule has 2 N–H and O–H groups in total. The zero-order chi connectivity index (χ0) is 11.1. The van der Waals surface area contributed by atoms with Gasteiger partial charge in [0.2, 0.25) is 0 Å². The van der Waals surface area contributed by atoms with Gasteiger partial charge in [-0.1, -0.05) is 0 Å². The molecule has 2 unspecified atom stereocenters. The molecule has 0 saturated carbocycles. The predicted octanol–water partition coefficient (Wildman–Crippen LogP) is 2.07. The fraction of sp³-hybridized carbons (Fsp3) is 0.538. The molecule has 2 aliphatic rings. The zero-order valence-corrected chi connectivity index (χ0v) is 9.32. The van der Waals surface area contributed by atoms with Crippen molar-refractivity contribution in [3.63, 3.8) is 0 Å². The van der Waals surface area contributed by atoms with Crippen molar-refractivity contribution in [3.8, 4) is 0 Å². The molecule has 2 atom stereocenters. The average molecular weight is 220 g/mol. The fourth-order valence-corrected chi connectivity index (χ4v) is 3.09. The van der Waals surface area contributed by atoms with Crippen LogP contribution in [0.5, 0.6) is 0 Å². The molecule has 0 amide bonds. The number of halogens is 1. The standard InChI is InChI=1S/C13H17FN2/c14-10-4-6-12-9(8-10)3-5-13-11(15)2-1-7-16(12)13/h4,6,8,11,13H,1-3,5,7,15H2. The quantitative estimate of drug-likeness (QED) is 0.725. The summed E-state index contributed by atoms with van der Waals surface area (Å²) in [6.07, 6.45) is 4.30. The summed E-state index contributed by atoms with van der Waals surface area (Å²) in [7, 11) is 0. The minimum Gasteiger partial charge on any atom is -0.367 e. The van der Waals surface area contributed by atoms with Crippen LogP contribution >= 0.6 is 0 Å². The zero-order valence-electron chi connectivity index (χ0n) is 9.32. The first-order valence-electron chi connectivity index (χ1n) is 6.06. The highest BCUT2D eigenvalue weighted by molar-refractivity contribution is 5.57.